The molecular weight excluding hydrogens is 380 g/mol. The highest BCUT2D eigenvalue weighted by atomic mass is 16.5. The zero-order chi connectivity index (χ0) is 20.9. The zero-order valence-corrected chi connectivity index (χ0v) is 16.3. The average Bonchev–Trinajstić information content (AvgIpc) is 3.13. The number of hydrogen-bond donors (Lipinski definition) is 2. The second-order valence-electron chi connectivity index (χ2n) is 6.72. The number of fused-ring (bicyclic) bond motifs is 1. The fourth-order valence-electron chi connectivity index (χ4n) is 3.13. The third kappa shape index (κ3) is 4.33. The maximum atomic E-state index is 12.9. The molecule has 3 aromatic carbocycles. The van der Waals surface area contributed by atoms with Gasteiger partial charge in [0.15, 0.2) is 5.76 Å². The van der Waals surface area contributed by atoms with Gasteiger partial charge in [0.05, 0.1) is 0 Å². The number of anilines is 2. The van der Waals surface area contributed by atoms with Crippen LogP contribution in [0.15, 0.2) is 83.3 Å². The third-order valence-electron chi connectivity index (χ3n) is 4.49. The summed E-state index contributed by atoms with van der Waals surface area (Å²) in [4.78, 5) is 24.1. The Hall–Kier alpha value is -4.06. The van der Waals surface area contributed by atoms with Gasteiger partial charge in [0, 0.05) is 29.2 Å². The van der Waals surface area contributed by atoms with Gasteiger partial charge in [-0.05, 0) is 42.5 Å². The first kappa shape index (κ1) is 19.3. The lowest BCUT2D eigenvalue weighted by Crippen LogP contribution is -2.14. The number of para-hydroxylation sites is 2. The highest BCUT2D eigenvalue weighted by molar-refractivity contribution is 6.06. The molecule has 0 atom stereocenters. The first-order valence-corrected chi connectivity index (χ1v) is 9.47. The summed E-state index contributed by atoms with van der Waals surface area (Å²) in [5, 5.41) is 6.36. The molecule has 0 bridgehead atoms. The summed E-state index contributed by atoms with van der Waals surface area (Å²) in [5.41, 5.74) is 2.54. The van der Waals surface area contributed by atoms with Crippen LogP contribution in [-0.2, 0) is 11.4 Å². The fourth-order valence-corrected chi connectivity index (χ4v) is 3.13. The molecule has 0 unspecified atom stereocenters. The Morgan fingerprint density at radius 1 is 0.833 bits per heavy atom. The van der Waals surface area contributed by atoms with Crippen LogP contribution in [0.2, 0.25) is 0 Å². The van der Waals surface area contributed by atoms with E-state index in [1.54, 1.807) is 24.3 Å². The van der Waals surface area contributed by atoms with E-state index in [-0.39, 0.29) is 24.2 Å². The minimum absolute atomic E-state index is 0.155. The molecule has 2 amide bonds. The minimum atomic E-state index is -0.370. The molecule has 0 aliphatic carbocycles. The lowest BCUT2D eigenvalue weighted by atomic mass is 10.1. The molecule has 150 valence electrons. The number of carbonyl (C=O) groups excluding carboxylic acids is 2. The maximum Gasteiger partial charge on any atom is 0.291 e. The zero-order valence-electron chi connectivity index (χ0n) is 16.3. The number of rotatable bonds is 6. The van der Waals surface area contributed by atoms with Gasteiger partial charge in [-0.1, -0.05) is 36.4 Å². The Morgan fingerprint density at radius 3 is 2.17 bits per heavy atom. The summed E-state index contributed by atoms with van der Waals surface area (Å²) in [6.07, 6.45) is 0. The van der Waals surface area contributed by atoms with Gasteiger partial charge >= 0.3 is 0 Å². The second kappa shape index (κ2) is 8.53. The predicted molar refractivity (Wildman–Crippen MR) is 116 cm³/mol. The molecule has 0 spiro atoms. The van der Waals surface area contributed by atoms with E-state index in [4.69, 9.17) is 9.15 Å². The van der Waals surface area contributed by atoms with E-state index in [0.717, 1.165) is 5.39 Å². The Balaban J connectivity index is 1.57. The maximum absolute atomic E-state index is 12.9. The molecular formula is C24H20N2O4. The fraction of sp³-hybridized carbons (Fsp3) is 0.0833. The summed E-state index contributed by atoms with van der Waals surface area (Å²) < 4.78 is 11.7. The second-order valence-corrected chi connectivity index (χ2v) is 6.72. The van der Waals surface area contributed by atoms with Crippen LogP contribution in [0.1, 0.15) is 23.0 Å². The number of furan rings is 1. The van der Waals surface area contributed by atoms with Gasteiger partial charge < -0.3 is 19.8 Å². The van der Waals surface area contributed by atoms with Crippen LogP contribution in [0, 0.1) is 0 Å². The quantitative estimate of drug-likeness (QED) is 0.465. The van der Waals surface area contributed by atoms with Crippen LogP contribution in [0.4, 0.5) is 11.4 Å². The van der Waals surface area contributed by atoms with Gasteiger partial charge in [0.1, 0.15) is 17.9 Å². The van der Waals surface area contributed by atoms with Crippen LogP contribution in [0.5, 0.6) is 5.75 Å². The van der Waals surface area contributed by atoms with Crippen molar-refractivity contribution in [3.63, 3.8) is 0 Å². The number of benzene rings is 3. The highest BCUT2D eigenvalue weighted by Gasteiger charge is 2.21. The van der Waals surface area contributed by atoms with Crippen molar-refractivity contribution in [1.82, 2.24) is 0 Å². The lowest BCUT2D eigenvalue weighted by molar-refractivity contribution is -0.114. The molecule has 0 aliphatic heterocycles. The number of amides is 2. The summed E-state index contributed by atoms with van der Waals surface area (Å²) >= 11 is 0. The van der Waals surface area contributed by atoms with Crippen molar-refractivity contribution in [2.24, 2.45) is 0 Å². The van der Waals surface area contributed by atoms with Gasteiger partial charge in [-0.3, -0.25) is 9.59 Å². The molecule has 0 aliphatic rings. The Kier molecular flexibility index (Phi) is 5.48. The van der Waals surface area contributed by atoms with Crippen molar-refractivity contribution >= 4 is 34.2 Å². The molecule has 4 rings (SSSR count). The van der Waals surface area contributed by atoms with Crippen molar-refractivity contribution in [2.45, 2.75) is 13.5 Å². The summed E-state index contributed by atoms with van der Waals surface area (Å²) in [6.45, 7) is 1.64. The molecule has 2 N–H and O–H groups in total. The van der Waals surface area contributed by atoms with E-state index < -0.39 is 0 Å². The monoisotopic (exact) mass is 400 g/mol. The summed E-state index contributed by atoms with van der Waals surface area (Å²) in [6, 6.07) is 23.8. The normalized spacial score (nSPS) is 10.6. The van der Waals surface area contributed by atoms with Gasteiger partial charge in [-0.2, -0.15) is 0 Å². The number of hydrogen-bond acceptors (Lipinski definition) is 4. The molecule has 0 saturated carbocycles. The van der Waals surface area contributed by atoms with Crippen molar-refractivity contribution in [2.75, 3.05) is 10.6 Å². The molecule has 1 aromatic heterocycles. The number of nitrogens with one attached hydrogen (secondary N) is 2. The molecule has 6 nitrogen and oxygen atoms in total. The third-order valence-corrected chi connectivity index (χ3v) is 4.49. The summed E-state index contributed by atoms with van der Waals surface area (Å²) in [5.74, 6) is 0.392. The van der Waals surface area contributed by atoms with Crippen LogP contribution in [0.3, 0.4) is 0 Å². The van der Waals surface area contributed by atoms with Crippen molar-refractivity contribution in [1.29, 1.82) is 0 Å². The van der Waals surface area contributed by atoms with Crippen molar-refractivity contribution < 1.29 is 18.7 Å². The SMILES string of the molecule is CC(=O)Nc1ccc(NC(=O)c2oc3ccccc3c2COc2ccccc2)cc1. The average molecular weight is 400 g/mol. The number of ether oxygens (including phenoxy) is 1. The lowest BCUT2D eigenvalue weighted by Gasteiger charge is -2.08. The Labute approximate surface area is 173 Å². The Morgan fingerprint density at radius 2 is 1.47 bits per heavy atom. The molecule has 0 saturated heterocycles. The molecule has 6 heteroatoms. The highest BCUT2D eigenvalue weighted by Crippen LogP contribution is 2.28. The van der Waals surface area contributed by atoms with Crippen LogP contribution >= 0.6 is 0 Å². The molecule has 0 radical (unpaired) electrons. The van der Waals surface area contributed by atoms with Crippen molar-refractivity contribution in [3.8, 4) is 5.75 Å². The molecule has 4 aromatic rings. The molecule has 1 heterocycles. The first-order chi connectivity index (χ1) is 14.6. The van der Waals surface area contributed by atoms with Crippen LogP contribution in [0.25, 0.3) is 11.0 Å². The topological polar surface area (TPSA) is 80.6 Å². The van der Waals surface area contributed by atoms with Crippen molar-refractivity contribution in [3.05, 3.63) is 90.2 Å². The van der Waals surface area contributed by atoms with E-state index in [1.807, 2.05) is 54.6 Å². The van der Waals surface area contributed by atoms with Gasteiger partial charge in [0.2, 0.25) is 5.91 Å². The van der Waals surface area contributed by atoms with Gasteiger partial charge in [0.25, 0.3) is 5.91 Å². The predicted octanol–water partition coefficient (Wildman–Crippen LogP) is 5.22. The van der Waals surface area contributed by atoms with Crippen LogP contribution in [-0.4, -0.2) is 11.8 Å². The van der Waals surface area contributed by atoms with E-state index in [9.17, 15) is 9.59 Å². The van der Waals surface area contributed by atoms with E-state index in [0.29, 0.717) is 28.3 Å². The minimum Gasteiger partial charge on any atom is -0.489 e. The van der Waals surface area contributed by atoms with Crippen LogP contribution < -0.4 is 15.4 Å². The largest absolute Gasteiger partial charge is 0.489 e. The van der Waals surface area contributed by atoms with E-state index in [1.165, 1.54) is 6.92 Å². The Bertz CT molecular complexity index is 1180. The smallest absolute Gasteiger partial charge is 0.291 e. The first-order valence-electron chi connectivity index (χ1n) is 9.47. The standard InChI is InChI=1S/C24H20N2O4/c1-16(27)25-17-11-13-18(14-12-17)26-24(28)23-21(15-29-19-7-3-2-4-8-19)20-9-5-6-10-22(20)30-23/h2-14H,15H2,1H3,(H,25,27)(H,26,28). The van der Waals surface area contributed by atoms with Gasteiger partial charge in [-0.25, -0.2) is 0 Å². The van der Waals surface area contributed by atoms with E-state index >= 15 is 0 Å². The molecule has 0 fully saturated rings. The summed E-state index contributed by atoms with van der Waals surface area (Å²) in [7, 11) is 0. The number of carbonyl (C=O) groups is 2. The molecule has 30 heavy (non-hydrogen) atoms. The van der Waals surface area contributed by atoms with E-state index in [2.05, 4.69) is 10.6 Å². The van der Waals surface area contributed by atoms with Gasteiger partial charge in [-0.15, -0.1) is 0 Å².